The maximum Gasteiger partial charge on any atom is 0.170 e. The van der Waals surface area contributed by atoms with Gasteiger partial charge in [0.15, 0.2) is 5.11 Å². The lowest BCUT2D eigenvalue weighted by Gasteiger charge is -2.27. The zero-order chi connectivity index (χ0) is 19.5. The molecular weight excluding hydrogens is 368 g/mol. The molecule has 0 spiro atoms. The number of pyridine rings is 1. The van der Waals surface area contributed by atoms with Crippen LogP contribution in [0.15, 0.2) is 71.3 Å². The first-order chi connectivity index (χ1) is 13.6. The van der Waals surface area contributed by atoms with Crippen molar-refractivity contribution >= 4 is 17.3 Å². The normalized spacial score (nSPS) is 19.2. The fourth-order valence-electron chi connectivity index (χ4n) is 3.53. The number of furan rings is 1. The average Bonchev–Trinajstić information content (AvgIpc) is 3.32. The second-order valence-electron chi connectivity index (χ2n) is 7.19. The monoisotopic (exact) mass is 392 g/mol. The number of aromatic nitrogens is 1. The van der Waals surface area contributed by atoms with E-state index in [1.165, 1.54) is 0 Å². The van der Waals surface area contributed by atoms with Crippen LogP contribution in [-0.2, 0) is 0 Å². The summed E-state index contributed by atoms with van der Waals surface area (Å²) in [5.74, 6) is 1.75. The third kappa shape index (κ3) is 3.79. The van der Waals surface area contributed by atoms with Crippen molar-refractivity contribution in [3.8, 4) is 11.3 Å². The zero-order valence-electron chi connectivity index (χ0n) is 16.1. The van der Waals surface area contributed by atoms with Crippen LogP contribution in [0.5, 0.6) is 0 Å². The molecule has 5 nitrogen and oxygen atoms in total. The summed E-state index contributed by atoms with van der Waals surface area (Å²) in [4.78, 5) is 8.93. The Labute approximate surface area is 171 Å². The van der Waals surface area contributed by atoms with Gasteiger partial charge in [0.1, 0.15) is 17.6 Å². The molecule has 144 valence electrons. The number of likely N-dealkylation sites (N-methyl/N-ethyl adjacent to an activating group) is 1. The van der Waals surface area contributed by atoms with E-state index in [0.29, 0.717) is 0 Å². The Morgan fingerprint density at radius 1 is 1.07 bits per heavy atom. The van der Waals surface area contributed by atoms with Crippen LogP contribution in [0.25, 0.3) is 11.3 Å². The Bertz CT molecular complexity index is 926. The summed E-state index contributed by atoms with van der Waals surface area (Å²) in [6.07, 6.45) is 1.82. The number of hydrogen-bond donors (Lipinski definition) is 1. The van der Waals surface area contributed by atoms with E-state index < -0.39 is 0 Å². The lowest BCUT2D eigenvalue weighted by atomic mass is 10.0. The summed E-state index contributed by atoms with van der Waals surface area (Å²) in [6.45, 7) is 1.72. The van der Waals surface area contributed by atoms with Gasteiger partial charge in [0.25, 0.3) is 0 Å². The van der Waals surface area contributed by atoms with Gasteiger partial charge >= 0.3 is 0 Å². The second-order valence-corrected chi connectivity index (χ2v) is 7.58. The van der Waals surface area contributed by atoms with E-state index in [9.17, 15) is 0 Å². The molecule has 2 atom stereocenters. The molecule has 1 fully saturated rings. The molecule has 3 heterocycles. The predicted molar refractivity (Wildman–Crippen MR) is 115 cm³/mol. The highest BCUT2D eigenvalue weighted by Crippen LogP contribution is 2.40. The van der Waals surface area contributed by atoms with Crippen LogP contribution in [0.3, 0.4) is 0 Å². The molecule has 3 aromatic rings. The highest BCUT2D eigenvalue weighted by molar-refractivity contribution is 7.80. The molecular formula is C22H24N4OS. The van der Waals surface area contributed by atoms with Crippen molar-refractivity contribution < 1.29 is 4.42 Å². The summed E-state index contributed by atoms with van der Waals surface area (Å²) in [5.41, 5.74) is 2.02. The van der Waals surface area contributed by atoms with E-state index in [2.05, 4.69) is 52.4 Å². The molecule has 1 aliphatic heterocycles. The average molecular weight is 393 g/mol. The molecule has 4 rings (SSSR count). The Morgan fingerprint density at radius 2 is 1.86 bits per heavy atom. The Morgan fingerprint density at radius 3 is 2.57 bits per heavy atom. The maximum absolute atomic E-state index is 6.31. The van der Waals surface area contributed by atoms with Gasteiger partial charge in [-0.15, -0.1) is 0 Å². The van der Waals surface area contributed by atoms with Crippen LogP contribution in [0, 0.1) is 0 Å². The minimum absolute atomic E-state index is 0.0418. The number of nitrogens with one attached hydrogen (secondary N) is 1. The summed E-state index contributed by atoms with van der Waals surface area (Å²) in [7, 11) is 4.14. The Hall–Kier alpha value is -2.70. The van der Waals surface area contributed by atoms with E-state index in [1.54, 1.807) is 0 Å². The van der Waals surface area contributed by atoms with E-state index in [1.807, 2.05) is 48.7 Å². The van der Waals surface area contributed by atoms with E-state index in [-0.39, 0.29) is 12.1 Å². The SMILES string of the molecule is CN(C)CCN1C(=S)N[C@@H](c2ccccn2)[C@H]1c1ccc(-c2ccccc2)o1. The van der Waals surface area contributed by atoms with Crippen molar-refractivity contribution in [2.24, 2.45) is 0 Å². The molecule has 1 aromatic carbocycles. The molecule has 0 amide bonds. The van der Waals surface area contributed by atoms with Crippen molar-refractivity contribution in [1.82, 2.24) is 20.1 Å². The molecule has 0 aliphatic carbocycles. The summed E-state index contributed by atoms with van der Waals surface area (Å²) >= 11 is 5.67. The smallest absolute Gasteiger partial charge is 0.170 e. The van der Waals surface area contributed by atoms with Gasteiger partial charge in [-0.05, 0) is 50.6 Å². The van der Waals surface area contributed by atoms with E-state index >= 15 is 0 Å². The lowest BCUT2D eigenvalue weighted by molar-refractivity contribution is 0.250. The van der Waals surface area contributed by atoms with Crippen LogP contribution in [0.1, 0.15) is 23.5 Å². The van der Waals surface area contributed by atoms with Gasteiger partial charge in [-0.2, -0.15) is 0 Å². The minimum atomic E-state index is -0.0503. The highest BCUT2D eigenvalue weighted by atomic mass is 32.1. The number of thiocarbonyl (C=S) groups is 1. The molecule has 1 aliphatic rings. The van der Waals surface area contributed by atoms with Crippen LogP contribution in [0.4, 0.5) is 0 Å². The van der Waals surface area contributed by atoms with Gasteiger partial charge in [-0.25, -0.2) is 0 Å². The Balaban J connectivity index is 1.70. The fraction of sp³-hybridized carbons (Fsp3) is 0.273. The zero-order valence-corrected chi connectivity index (χ0v) is 16.9. The first kappa shape index (κ1) is 18.7. The molecule has 6 heteroatoms. The van der Waals surface area contributed by atoms with Gasteiger partial charge < -0.3 is 19.5 Å². The molecule has 1 N–H and O–H groups in total. The largest absolute Gasteiger partial charge is 0.459 e. The van der Waals surface area contributed by atoms with Crippen molar-refractivity contribution in [3.05, 3.63) is 78.3 Å². The van der Waals surface area contributed by atoms with Crippen LogP contribution >= 0.6 is 12.2 Å². The predicted octanol–water partition coefficient (Wildman–Crippen LogP) is 3.88. The number of nitrogens with zero attached hydrogens (tertiary/aromatic N) is 3. The summed E-state index contributed by atoms with van der Waals surface area (Å²) < 4.78 is 6.31. The second kappa shape index (κ2) is 8.12. The quantitative estimate of drug-likeness (QED) is 0.643. The van der Waals surface area contributed by atoms with Crippen molar-refractivity contribution in [2.45, 2.75) is 12.1 Å². The molecule has 0 bridgehead atoms. The topological polar surface area (TPSA) is 44.5 Å². The molecule has 0 radical (unpaired) electrons. The lowest BCUT2D eigenvalue weighted by Crippen LogP contribution is -2.35. The number of rotatable bonds is 6. The third-order valence-electron chi connectivity index (χ3n) is 4.96. The molecule has 2 aromatic heterocycles. The van der Waals surface area contributed by atoms with Crippen LogP contribution in [-0.4, -0.2) is 47.1 Å². The maximum atomic E-state index is 6.31. The number of hydrogen-bond acceptors (Lipinski definition) is 4. The number of benzene rings is 1. The van der Waals surface area contributed by atoms with E-state index in [4.69, 9.17) is 16.6 Å². The molecule has 0 saturated carbocycles. The van der Waals surface area contributed by atoms with Gasteiger partial charge in [-0.3, -0.25) is 4.98 Å². The third-order valence-corrected chi connectivity index (χ3v) is 5.31. The minimum Gasteiger partial charge on any atom is -0.459 e. The molecule has 28 heavy (non-hydrogen) atoms. The first-order valence-electron chi connectivity index (χ1n) is 9.41. The van der Waals surface area contributed by atoms with Crippen LogP contribution < -0.4 is 5.32 Å². The van der Waals surface area contributed by atoms with Gasteiger partial charge in [0.05, 0.1) is 11.7 Å². The fourth-order valence-corrected chi connectivity index (χ4v) is 3.86. The highest BCUT2D eigenvalue weighted by Gasteiger charge is 2.41. The summed E-state index contributed by atoms with van der Waals surface area (Å²) in [5, 5.41) is 4.19. The molecule has 1 saturated heterocycles. The van der Waals surface area contributed by atoms with Gasteiger partial charge in [0, 0.05) is 24.8 Å². The van der Waals surface area contributed by atoms with Crippen molar-refractivity contribution in [3.63, 3.8) is 0 Å². The van der Waals surface area contributed by atoms with Crippen molar-refractivity contribution in [1.29, 1.82) is 0 Å². The van der Waals surface area contributed by atoms with Gasteiger partial charge in [0.2, 0.25) is 0 Å². The van der Waals surface area contributed by atoms with Gasteiger partial charge in [-0.1, -0.05) is 36.4 Å². The van der Waals surface area contributed by atoms with E-state index in [0.717, 1.165) is 41.0 Å². The van der Waals surface area contributed by atoms with Crippen molar-refractivity contribution in [2.75, 3.05) is 27.2 Å². The van der Waals surface area contributed by atoms with Crippen LogP contribution in [0.2, 0.25) is 0 Å². The Kier molecular flexibility index (Phi) is 5.41. The summed E-state index contributed by atoms with van der Waals surface area (Å²) in [6, 6.07) is 20.1. The first-order valence-corrected chi connectivity index (χ1v) is 9.82. The standard InChI is InChI=1S/C22H24N4OS/c1-25(2)14-15-26-21(20(24-22(26)28)17-10-6-7-13-23-17)19-12-11-18(27-19)16-8-4-3-5-9-16/h3-13,20-21H,14-15H2,1-2H3,(H,24,28)/t20-,21+/m0/s1. The molecule has 0 unspecified atom stereocenters.